The van der Waals surface area contributed by atoms with Crippen LogP contribution in [0.3, 0.4) is 0 Å². The number of nitrogens with two attached hydrogens (primary N) is 2. The summed E-state index contributed by atoms with van der Waals surface area (Å²) in [7, 11) is 0. The molecule has 1 aliphatic heterocycles. The molecule has 0 aliphatic carbocycles. The van der Waals surface area contributed by atoms with Gasteiger partial charge in [0.15, 0.2) is 18.1 Å². The Morgan fingerprint density at radius 3 is 2.18 bits per heavy atom. The van der Waals surface area contributed by atoms with Crippen LogP contribution in [0.4, 0.5) is 0 Å². The van der Waals surface area contributed by atoms with E-state index >= 15 is 0 Å². The number of phenolic OH excluding ortho intramolecular Hbond substituents is 1. The Kier molecular flexibility index (Phi) is 10.8. The Morgan fingerprint density at radius 2 is 1.64 bits per heavy atom. The van der Waals surface area contributed by atoms with Crippen molar-refractivity contribution in [2.75, 3.05) is 13.2 Å². The topological polar surface area (TPSA) is 239 Å². The van der Waals surface area contributed by atoms with Crippen LogP contribution >= 0.6 is 0 Å². The second kappa shape index (κ2) is 14.2. The molecule has 1 heterocycles. The average Bonchev–Trinajstić information content (AvgIpc) is 3.09. The van der Waals surface area contributed by atoms with E-state index in [1.54, 1.807) is 52.0 Å². The number of phenols is 1. The fourth-order valence-corrected chi connectivity index (χ4v) is 4.56. The number of amidine groups is 1. The van der Waals surface area contributed by atoms with Crippen molar-refractivity contribution in [2.24, 2.45) is 16.5 Å². The van der Waals surface area contributed by atoms with Crippen LogP contribution in [0.1, 0.15) is 51.7 Å². The lowest BCUT2D eigenvalue weighted by Crippen LogP contribution is -2.53. The van der Waals surface area contributed by atoms with Gasteiger partial charge >= 0.3 is 11.8 Å². The first-order valence-corrected chi connectivity index (χ1v) is 14.3. The molecular weight excluding hydrogens is 586 g/mol. The van der Waals surface area contributed by atoms with Crippen molar-refractivity contribution in [3.05, 3.63) is 64.9 Å². The number of nitrogens with zero attached hydrogens (tertiary/aromatic N) is 3. The standard InChI is InChI=1S/C30H41N7O8/c1-29(2)30(3,4)37(44)26(36(29)43)19-9-13-21(14-10-19)45-17-24(39)34-23(16-18-7-11-20(38)12-8-18)25(40)35-22(27(41)42)6-5-15-33-28(31)32/h7-14,22-23,38,43H,5-6,15-17H2,1-4H3,(H,34,39)(H,35,40)(H,41,42)(H4,31,32,33)/t22-,23-/m0/s1. The summed E-state index contributed by atoms with van der Waals surface area (Å²) < 4.78 is 6.35. The number of hydrogen-bond donors (Lipinski definition) is 7. The Labute approximate surface area is 260 Å². The highest BCUT2D eigenvalue weighted by molar-refractivity contribution is 5.96. The number of aliphatic carboxylic acids is 1. The smallest absolute Gasteiger partial charge is 0.326 e. The monoisotopic (exact) mass is 627 g/mol. The molecular formula is C30H41N7O8. The minimum Gasteiger partial charge on any atom is -0.714 e. The number of carboxylic acids is 1. The first-order valence-electron chi connectivity index (χ1n) is 14.3. The third-order valence-corrected chi connectivity index (χ3v) is 8.00. The lowest BCUT2D eigenvalue weighted by molar-refractivity contribution is -0.539. The molecule has 0 aromatic heterocycles. The molecule has 1 aliphatic rings. The number of nitrogens with one attached hydrogen (secondary N) is 2. The lowest BCUT2D eigenvalue weighted by Gasteiger charge is -2.33. The minimum absolute atomic E-state index is 0.00154. The van der Waals surface area contributed by atoms with Crippen LogP contribution in [0.15, 0.2) is 53.5 Å². The summed E-state index contributed by atoms with van der Waals surface area (Å²) in [4.78, 5) is 41.7. The Morgan fingerprint density at radius 1 is 1.02 bits per heavy atom. The minimum atomic E-state index is -1.26. The quantitative estimate of drug-likeness (QED) is 0.0504. The van der Waals surface area contributed by atoms with Crippen molar-refractivity contribution in [1.82, 2.24) is 15.7 Å². The van der Waals surface area contributed by atoms with Gasteiger partial charge in [0.2, 0.25) is 5.91 Å². The zero-order chi connectivity index (χ0) is 33.5. The van der Waals surface area contributed by atoms with Gasteiger partial charge in [-0.1, -0.05) is 12.1 Å². The maximum absolute atomic E-state index is 13.2. The molecule has 2 aromatic rings. The molecule has 15 nitrogen and oxygen atoms in total. The number of rotatable bonds is 14. The molecule has 15 heteroatoms. The summed E-state index contributed by atoms with van der Waals surface area (Å²) in [6.45, 7) is 6.68. The number of aliphatic imine (C=N–C) groups is 1. The van der Waals surface area contributed by atoms with Gasteiger partial charge in [-0.2, -0.15) is 0 Å². The zero-order valence-electron chi connectivity index (χ0n) is 25.7. The van der Waals surface area contributed by atoms with E-state index in [0.717, 1.165) is 9.80 Å². The molecule has 9 N–H and O–H groups in total. The molecule has 0 radical (unpaired) electrons. The molecule has 244 valence electrons. The van der Waals surface area contributed by atoms with E-state index in [1.807, 2.05) is 0 Å². The van der Waals surface area contributed by atoms with Gasteiger partial charge in [0.25, 0.3) is 5.91 Å². The lowest BCUT2D eigenvalue weighted by atomic mass is 9.84. The summed E-state index contributed by atoms with van der Waals surface area (Å²) in [5, 5.41) is 48.9. The van der Waals surface area contributed by atoms with Gasteiger partial charge in [-0.3, -0.25) is 19.3 Å². The van der Waals surface area contributed by atoms with E-state index in [0.29, 0.717) is 16.9 Å². The number of ether oxygens (including phenoxy) is 1. The predicted octanol–water partition coefficient (Wildman–Crippen LogP) is 0.640. The third kappa shape index (κ3) is 8.32. The number of aromatic hydroxyl groups is 1. The largest absolute Gasteiger partial charge is 0.714 e. The molecule has 2 atom stereocenters. The molecule has 0 unspecified atom stereocenters. The van der Waals surface area contributed by atoms with Gasteiger partial charge in [-0.05, 0) is 82.5 Å². The normalized spacial score (nSPS) is 16.4. The fourth-order valence-electron chi connectivity index (χ4n) is 4.56. The number of benzene rings is 2. The van der Waals surface area contributed by atoms with Crippen molar-refractivity contribution >= 4 is 29.6 Å². The van der Waals surface area contributed by atoms with Crippen LogP contribution in [0.2, 0.25) is 0 Å². The van der Waals surface area contributed by atoms with Crippen LogP contribution in [0.25, 0.3) is 0 Å². The average molecular weight is 628 g/mol. The Bertz CT molecular complexity index is 1440. The van der Waals surface area contributed by atoms with Gasteiger partial charge in [0.1, 0.15) is 29.1 Å². The second-order valence-electron chi connectivity index (χ2n) is 11.7. The first-order chi connectivity index (χ1) is 21.0. The second-order valence-corrected chi connectivity index (χ2v) is 11.7. The van der Waals surface area contributed by atoms with E-state index in [-0.39, 0.29) is 43.4 Å². The first kappa shape index (κ1) is 34.4. The Balaban J connectivity index is 1.68. The number of carboxylic acid groups (broad SMARTS) is 1. The molecule has 2 amide bonds. The van der Waals surface area contributed by atoms with E-state index in [2.05, 4.69) is 15.6 Å². The van der Waals surface area contributed by atoms with E-state index in [9.17, 15) is 35.0 Å². The summed E-state index contributed by atoms with van der Waals surface area (Å²) >= 11 is 0. The Hall–Kier alpha value is -5.05. The van der Waals surface area contributed by atoms with Crippen molar-refractivity contribution in [3.8, 4) is 11.5 Å². The van der Waals surface area contributed by atoms with E-state index in [1.165, 1.54) is 24.3 Å². The molecule has 0 fully saturated rings. The summed E-state index contributed by atoms with van der Waals surface area (Å²) in [6, 6.07) is 9.81. The highest BCUT2D eigenvalue weighted by Crippen LogP contribution is 2.37. The third-order valence-electron chi connectivity index (χ3n) is 8.00. The van der Waals surface area contributed by atoms with E-state index < -0.39 is 47.6 Å². The van der Waals surface area contributed by atoms with Gasteiger partial charge in [-0.15, -0.1) is 5.06 Å². The van der Waals surface area contributed by atoms with Gasteiger partial charge in [0.05, 0.1) is 5.56 Å². The number of amides is 2. The van der Waals surface area contributed by atoms with Crippen LogP contribution < -0.4 is 26.8 Å². The van der Waals surface area contributed by atoms with E-state index in [4.69, 9.17) is 16.2 Å². The van der Waals surface area contributed by atoms with Crippen molar-refractivity contribution in [1.29, 1.82) is 0 Å². The number of carbonyl (C=O) groups excluding carboxylic acids is 2. The zero-order valence-corrected chi connectivity index (χ0v) is 25.7. The van der Waals surface area contributed by atoms with Crippen LogP contribution in [-0.2, 0) is 20.8 Å². The summed E-state index contributed by atoms with van der Waals surface area (Å²) in [5.74, 6) is -2.39. The van der Waals surface area contributed by atoms with Gasteiger partial charge < -0.3 is 42.3 Å². The summed E-state index contributed by atoms with van der Waals surface area (Å²) in [6.07, 6.45) is 0.333. The molecule has 3 rings (SSSR count). The van der Waals surface area contributed by atoms with Crippen LogP contribution in [0.5, 0.6) is 11.5 Å². The SMILES string of the molecule is CC1(C)N(O)C(c2ccc(OCC(=O)N[C@@H](Cc3ccc(O)cc3)C(=O)N[C@@H](CCCN=C(N)N)C(=O)O)cc2)=[N+]([O-])C1(C)C. The molecule has 2 aromatic carbocycles. The maximum Gasteiger partial charge on any atom is 0.326 e. The molecule has 0 bridgehead atoms. The van der Waals surface area contributed by atoms with Crippen LogP contribution in [0, 0.1) is 5.21 Å². The molecule has 0 saturated heterocycles. The summed E-state index contributed by atoms with van der Waals surface area (Å²) in [5.41, 5.74) is 9.85. The molecule has 0 saturated carbocycles. The van der Waals surface area contributed by atoms with Crippen molar-refractivity contribution in [3.63, 3.8) is 0 Å². The predicted molar refractivity (Wildman–Crippen MR) is 165 cm³/mol. The fraction of sp³-hybridized carbons (Fsp3) is 0.433. The number of carbonyl (C=O) groups is 3. The van der Waals surface area contributed by atoms with Gasteiger partial charge in [-0.25, -0.2) is 10.0 Å². The number of guanidine groups is 1. The number of hydrogen-bond acceptors (Lipinski definition) is 9. The van der Waals surface area contributed by atoms with Gasteiger partial charge in [0, 0.05) is 13.0 Å². The van der Waals surface area contributed by atoms with Crippen molar-refractivity contribution < 1.29 is 39.3 Å². The highest BCUT2D eigenvalue weighted by Gasteiger charge is 2.58. The van der Waals surface area contributed by atoms with Crippen molar-refractivity contribution in [2.45, 2.75) is 70.1 Å². The molecule has 45 heavy (non-hydrogen) atoms. The maximum atomic E-state index is 13.2. The number of hydroxylamine groups is 3. The molecule has 0 spiro atoms. The van der Waals surface area contributed by atoms with Crippen LogP contribution in [-0.4, -0.2) is 91.1 Å². The highest BCUT2D eigenvalue weighted by atomic mass is 16.5.